The summed E-state index contributed by atoms with van der Waals surface area (Å²) in [7, 11) is 0. The van der Waals surface area contributed by atoms with Gasteiger partial charge in [-0.05, 0) is 60.2 Å². The van der Waals surface area contributed by atoms with E-state index in [1.807, 2.05) is 36.4 Å². The first kappa shape index (κ1) is 19.8. The zero-order chi connectivity index (χ0) is 21.5. The van der Waals surface area contributed by atoms with Gasteiger partial charge in [0.1, 0.15) is 5.75 Å². The van der Waals surface area contributed by atoms with Crippen molar-refractivity contribution in [3.05, 3.63) is 102 Å². The van der Waals surface area contributed by atoms with Gasteiger partial charge in [0.25, 0.3) is 5.91 Å². The number of amides is 1. The quantitative estimate of drug-likeness (QED) is 0.325. The number of benzene rings is 3. The number of nitrogens with zero attached hydrogens (tertiary/aromatic N) is 3. The molecule has 31 heavy (non-hydrogen) atoms. The van der Waals surface area contributed by atoms with E-state index in [1.54, 1.807) is 54.7 Å². The van der Waals surface area contributed by atoms with Gasteiger partial charge < -0.3 is 10.4 Å². The first-order valence-electron chi connectivity index (χ1n) is 9.55. The molecule has 0 bridgehead atoms. The molecule has 0 saturated heterocycles. The summed E-state index contributed by atoms with van der Waals surface area (Å²) in [6.45, 7) is 0. The molecule has 7 nitrogen and oxygen atoms in total. The topological polar surface area (TPSA) is 99.5 Å². The van der Waals surface area contributed by atoms with Crippen LogP contribution < -0.4 is 10.7 Å². The molecule has 0 atom stereocenters. The van der Waals surface area contributed by atoms with Crippen LogP contribution in [0.4, 0.5) is 11.6 Å². The second-order valence-electron chi connectivity index (χ2n) is 6.62. The van der Waals surface area contributed by atoms with Gasteiger partial charge in [-0.3, -0.25) is 4.79 Å². The molecule has 3 aromatic carbocycles. The Hall–Kier alpha value is -4.52. The van der Waals surface area contributed by atoms with E-state index >= 15 is 0 Å². The molecule has 1 heterocycles. The molecule has 4 aromatic rings. The van der Waals surface area contributed by atoms with Gasteiger partial charge in [-0.2, -0.15) is 5.10 Å². The van der Waals surface area contributed by atoms with Crippen LogP contribution in [-0.4, -0.2) is 27.2 Å². The predicted molar refractivity (Wildman–Crippen MR) is 120 cm³/mol. The van der Waals surface area contributed by atoms with Crippen LogP contribution >= 0.6 is 0 Å². The zero-order valence-corrected chi connectivity index (χ0v) is 16.4. The SMILES string of the molecule is O=C(N/N=C/c1ccc(O)cc1)c1ccc(Nc2nccc(-c3ccccc3)n2)cc1. The van der Waals surface area contributed by atoms with Gasteiger partial charge in [-0.1, -0.05) is 30.3 Å². The number of hydrogen-bond acceptors (Lipinski definition) is 6. The van der Waals surface area contributed by atoms with Gasteiger partial charge >= 0.3 is 0 Å². The Morgan fingerprint density at radius 2 is 1.65 bits per heavy atom. The summed E-state index contributed by atoms with van der Waals surface area (Å²) in [5, 5.41) is 16.4. The molecule has 0 spiro atoms. The summed E-state index contributed by atoms with van der Waals surface area (Å²) in [6, 6.07) is 25.1. The van der Waals surface area contributed by atoms with Gasteiger partial charge in [-0.15, -0.1) is 0 Å². The summed E-state index contributed by atoms with van der Waals surface area (Å²) < 4.78 is 0. The molecule has 0 aliphatic rings. The first-order valence-corrected chi connectivity index (χ1v) is 9.55. The average Bonchev–Trinajstić information content (AvgIpc) is 2.81. The molecule has 0 fully saturated rings. The van der Waals surface area contributed by atoms with Crippen molar-refractivity contribution >= 4 is 23.8 Å². The number of rotatable bonds is 6. The number of hydrazone groups is 1. The summed E-state index contributed by atoms with van der Waals surface area (Å²) in [5.41, 5.74) is 6.29. The Bertz CT molecular complexity index is 1190. The van der Waals surface area contributed by atoms with Crippen molar-refractivity contribution in [1.82, 2.24) is 15.4 Å². The molecule has 4 rings (SSSR count). The van der Waals surface area contributed by atoms with Crippen molar-refractivity contribution in [2.45, 2.75) is 0 Å². The van der Waals surface area contributed by atoms with E-state index in [2.05, 4.69) is 25.8 Å². The fourth-order valence-corrected chi connectivity index (χ4v) is 2.81. The fraction of sp³-hybridized carbons (Fsp3) is 0. The summed E-state index contributed by atoms with van der Waals surface area (Å²) in [5.74, 6) is 0.313. The Kier molecular flexibility index (Phi) is 5.95. The van der Waals surface area contributed by atoms with Gasteiger partial charge in [0.2, 0.25) is 5.95 Å². The molecule has 1 aromatic heterocycles. The van der Waals surface area contributed by atoms with Crippen LogP contribution in [0.2, 0.25) is 0 Å². The Morgan fingerprint density at radius 3 is 2.39 bits per heavy atom. The molecular formula is C24H19N5O2. The number of anilines is 2. The Balaban J connectivity index is 1.38. The van der Waals surface area contributed by atoms with Crippen molar-refractivity contribution < 1.29 is 9.90 Å². The summed E-state index contributed by atoms with van der Waals surface area (Å²) >= 11 is 0. The normalized spacial score (nSPS) is 10.7. The van der Waals surface area contributed by atoms with Crippen LogP contribution in [-0.2, 0) is 0 Å². The third kappa shape index (κ3) is 5.30. The van der Waals surface area contributed by atoms with Crippen LogP contribution in [0.25, 0.3) is 11.3 Å². The summed E-state index contributed by atoms with van der Waals surface area (Å²) in [4.78, 5) is 21.0. The van der Waals surface area contributed by atoms with Crippen LogP contribution in [0.5, 0.6) is 5.75 Å². The minimum absolute atomic E-state index is 0.173. The maximum absolute atomic E-state index is 12.3. The van der Waals surface area contributed by atoms with Gasteiger partial charge in [0.15, 0.2) is 0 Å². The van der Waals surface area contributed by atoms with E-state index in [4.69, 9.17) is 0 Å². The highest BCUT2D eigenvalue weighted by molar-refractivity contribution is 5.95. The van der Waals surface area contributed by atoms with Gasteiger partial charge in [0.05, 0.1) is 11.9 Å². The molecule has 0 saturated carbocycles. The average molecular weight is 409 g/mol. The number of aromatic nitrogens is 2. The number of hydrogen-bond donors (Lipinski definition) is 3. The molecule has 0 aliphatic heterocycles. The highest BCUT2D eigenvalue weighted by atomic mass is 16.3. The maximum Gasteiger partial charge on any atom is 0.271 e. The van der Waals surface area contributed by atoms with Crippen molar-refractivity contribution in [2.24, 2.45) is 5.10 Å². The lowest BCUT2D eigenvalue weighted by Gasteiger charge is -2.07. The van der Waals surface area contributed by atoms with Gasteiger partial charge in [0, 0.05) is 23.0 Å². The Morgan fingerprint density at radius 1 is 0.903 bits per heavy atom. The van der Waals surface area contributed by atoms with E-state index in [1.165, 1.54) is 6.21 Å². The molecule has 3 N–H and O–H groups in total. The largest absolute Gasteiger partial charge is 0.508 e. The third-order valence-corrected chi connectivity index (χ3v) is 4.40. The standard InChI is InChI=1S/C24H19N5O2/c30-21-12-6-17(7-13-21)16-26-29-23(31)19-8-10-20(11-9-19)27-24-25-15-14-22(28-24)18-4-2-1-3-5-18/h1-16,30H,(H,29,31)(H,25,27,28)/b26-16+. The van der Waals surface area contributed by atoms with E-state index in [-0.39, 0.29) is 11.7 Å². The van der Waals surface area contributed by atoms with Gasteiger partial charge in [-0.25, -0.2) is 15.4 Å². The zero-order valence-electron chi connectivity index (χ0n) is 16.4. The van der Waals surface area contributed by atoms with Crippen molar-refractivity contribution in [3.8, 4) is 17.0 Å². The molecular weight excluding hydrogens is 390 g/mol. The summed E-state index contributed by atoms with van der Waals surface area (Å²) in [6.07, 6.45) is 3.20. The van der Waals surface area contributed by atoms with E-state index in [9.17, 15) is 9.90 Å². The molecule has 7 heteroatoms. The van der Waals surface area contributed by atoms with E-state index in [0.717, 1.165) is 22.5 Å². The monoisotopic (exact) mass is 409 g/mol. The van der Waals surface area contributed by atoms with Crippen LogP contribution in [0.1, 0.15) is 15.9 Å². The van der Waals surface area contributed by atoms with E-state index < -0.39 is 0 Å². The molecule has 0 unspecified atom stereocenters. The number of carbonyl (C=O) groups excluding carboxylic acids is 1. The predicted octanol–water partition coefficient (Wildman–Crippen LogP) is 4.36. The maximum atomic E-state index is 12.3. The first-order chi connectivity index (χ1) is 15.2. The third-order valence-electron chi connectivity index (χ3n) is 4.40. The van der Waals surface area contributed by atoms with Crippen LogP contribution in [0.3, 0.4) is 0 Å². The lowest BCUT2D eigenvalue weighted by molar-refractivity contribution is 0.0955. The van der Waals surface area contributed by atoms with Crippen molar-refractivity contribution in [1.29, 1.82) is 0 Å². The number of aromatic hydroxyl groups is 1. The minimum Gasteiger partial charge on any atom is -0.508 e. The smallest absolute Gasteiger partial charge is 0.271 e. The van der Waals surface area contributed by atoms with Crippen LogP contribution in [0, 0.1) is 0 Å². The molecule has 0 aliphatic carbocycles. The second kappa shape index (κ2) is 9.32. The fourth-order valence-electron chi connectivity index (χ4n) is 2.81. The minimum atomic E-state index is -0.330. The van der Waals surface area contributed by atoms with Crippen molar-refractivity contribution in [2.75, 3.05) is 5.32 Å². The Labute approximate surface area is 179 Å². The number of carbonyl (C=O) groups is 1. The van der Waals surface area contributed by atoms with E-state index in [0.29, 0.717) is 11.5 Å². The highest BCUT2D eigenvalue weighted by Crippen LogP contribution is 2.19. The molecule has 0 radical (unpaired) electrons. The van der Waals surface area contributed by atoms with Crippen molar-refractivity contribution in [3.63, 3.8) is 0 Å². The molecule has 152 valence electrons. The number of phenolic OH excluding ortho intramolecular Hbond substituents is 1. The van der Waals surface area contributed by atoms with Crippen LogP contribution in [0.15, 0.2) is 96.2 Å². The molecule has 1 amide bonds. The number of phenols is 1. The lowest BCUT2D eigenvalue weighted by Crippen LogP contribution is -2.17. The highest BCUT2D eigenvalue weighted by Gasteiger charge is 2.06. The lowest BCUT2D eigenvalue weighted by atomic mass is 10.1. The second-order valence-corrected chi connectivity index (χ2v) is 6.62. The number of nitrogens with one attached hydrogen (secondary N) is 2.